The minimum Gasteiger partial charge on any atom is -0.458 e. The lowest BCUT2D eigenvalue weighted by atomic mass is 10.0. The lowest BCUT2D eigenvalue weighted by molar-refractivity contribution is -0.142. The lowest BCUT2D eigenvalue weighted by Crippen LogP contribution is -2.47. The summed E-state index contributed by atoms with van der Waals surface area (Å²) >= 11 is 0. The van der Waals surface area contributed by atoms with E-state index in [1.807, 2.05) is 6.92 Å². The third kappa shape index (κ3) is 7.75. The van der Waals surface area contributed by atoms with Gasteiger partial charge in [0.2, 0.25) is 17.6 Å². The number of ether oxygens (including phenoxy) is 2. The van der Waals surface area contributed by atoms with E-state index in [-0.39, 0.29) is 30.3 Å². The fourth-order valence-corrected chi connectivity index (χ4v) is 5.10. The number of benzene rings is 1. The first-order valence-corrected chi connectivity index (χ1v) is 14.1. The highest BCUT2D eigenvalue weighted by Gasteiger charge is 2.32. The maximum absolute atomic E-state index is 13.9. The Balaban J connectivity index is 1.36. The predicted octanol–water partition coefficient (Wildman–Crippen LogP) is 1.97. The monoisotopic (exact) mass is 569 g/mol. The SMILES string of the molecule is Cc1ccc(-c2nnn(CC(=O)N(CCCN3CCOCC3)C(C(=O)NCC3CCCO3)c3ccc(F)cc3)n2)o1. The van der Waals surface area contributed by atoms with Gasteiger partial charge in [-0.3, -0.25) is 14.5 Å². The molecule has 2 fully saturated rings. The van der Waals surface area contributed by atoms with Crippen LogP contribution in [0.4, 0.5) is 4.39 Å². The Morgan fingerprint density at radius 2 is 1.95 bits per heavy atom. The third-order valence-electron chi connectivity index (χ3n) is 7.26. The standard InChI is InChI=1S/C28H36FN7O5/c1-20-5-10-24(41-20)27-31-33-36(32-27)19-25(37)35(12-3-11-34-13-16-39-17-14-34)26(21-6-8-22(29)9-7-21)28(38)30-18-23-4-2-15-40-23/h5-10,23,26H,2-4,11-19H2,1H3,(H,30,38). The molecule has 2 amide bonds. The highest BCUT2D eigenvalue weighted by atomic mass is 19.1. The Morgan fingerprint density at radius 3 is 2.66 bits per heavy atom. The van der Waals surface area contributed by atoms with Crippen molar-refractivity contribution in [2.75, 3.05) is 52.5 Å². The van der Waals surface area contributed by atoms with Crippen LogP contribution in [0.2, 0.25) is 0 Å². The summed E-state index contributed by atoms with van der Waals surface area (Å²) in [6, 6.07) is 8.22. The summed E-state index contributed by atoms with van der Waals surface area (Å²) in [5, 5.41) is 15.3. The summed E-state index contributed by atoms with van der Waals surface area (Å²) < 4.78 is 30.5. The van der Waals surface area contributed by atoms with E-state index in [0.717, 1.165) is 32.5 Å². The topological polar surface area (TPSA) is 128 Å². The van der Waals surface area contributed by atoms with Gasteiger partial charge in [-0.1, -0.05) is 12.1 Å². The first-order chi connectivity index (χ1) is 20.0. The molecular weight excluding hydrogens is 533 g/mol. The van der Waals surface area contributed by atoms with Crippen LogP contribution in [0.1, 0.15) is 36.6 Å². The van der Waals surface area contributed by atoms with Crippen molar-refractivity contribution in [2.45, 2.75) is 44.9 Å². The van der Waals surface area contributed by atoms with Gasteiger partial charge in [0.15, 0.2) is 5.76 Å². The van der Waals surface area contributed by atoms with Crippen LogP contribution in [-0.4, -0.2) is 100 Å². The molecule has 2 aromatic heterocycles. The number of nitrogens with zero attached hydrogens (tertiary/aromatic N) is 6. The van der Waals surface area contributed by atoms with Gasteiger partial charge in [0, 0.05) is 39.3 Å². The molecular formula is C28H36FN7O5. The van der Waals surface area contributed by atoms with Crippen molar-refractivity contribution < 1.29 is 27.9 Å². The van der Waals surface area contributed by atoms with Crippen LogP contribution in [0.15, 0.2) is 40.8 Å². The zero-order valence-electron chi connectivity index (χ0n) is 23.2. The van der Waals surface area contributed by atoms with Crippen molar-refractivity contribution in [3.8, 4) is 11.6 Å². The Bertz CT molecular complexity index is 1280. The van der Waals surface area contributed by atoms with Crippen molar-refractivity contribution in [1.29, 1.82) is 0 Å². The number of morpholine rings is 1. The number of aromatic nitrogens is 4. The van der Waals surface area contributed by atoms with E-state index in [1.54, 1.807) is 24.3 Å². The normalized spacial score (nSPS) is 18.3. The number of halogens is 1. The maximum Gasteiger partial charge on any atom is 0.247 e. The molecule has 41 heavy (non-hydrogen) atoms. The fraction of sp³-hybridized carbons (Fsp3) is 0.536. The summed E-state index contributed by atoms with van der Waals surface area (Å²) in [6.45, 7) is 6.58. The summed E-state index contributed by atoms with van der Waals surface area (Å²) in [7, 11) is 0. The number of furan rings is 1. The molecule has 2 aliphatic rings. The molecule has 1 aromatic carbocycles. The molecule has 4 heterocycles. The first kappa shape index (κ1) is 28.8. The van der Waals surface area contributed by atoms with E-state index in [2.05, 4.69) is 25.6 Å². The van der Waals surface area contributed by atoms with Gasteiger partial charge < -0.3 is 24.1 Å². The van der Waals surface area contributed by atoms with Gasteiger partial charge in [-0.25, -0.2) is 4.39 Å². The van der Waals surface area contributed by atoms with E-state index < -0.39 is 11.9 Å². The first-order valence-electron chi connectivity index (χ1n) is 14.1. The molecule has 0 radical (unpaired) electrons. The van der Waals surface area contributed by atoms with E-state index >= 15 is 0 Å². The number of aryl methyl sites for hydroxylation is 1. The lowest BCUT2D eigenvalue weighted by Gasteiger charge is -2.33. The number of carbonyl (C=O) groups excluding carboxylic acids is 2. The molecule has 0 saturated carbocycles. The second kappa shape index (κ2) is 13.8. The highest BCUT2D eigenvalue weighted by Crippen LogP contribution is 2.24. The van der Waals surface area contributed by atoms with Crippen LogP contribution in [-0.2, 0) is 25.6 Å². The molecule has 12 nitrogen and oxygen atoms in total. The summed E-state index contributed by atoms with van der Waals surface area (Å²) in [5.41, 5.74) is 0.509. The smallest absolute Gasteiger partial charge is 0.247 e. The molecule has 0 spiro atoms. The molecule has 5 rings (SSSR count). The summed E-state index contributed by atoms with van der Waals surface area (Å²) in [4.78, 5) is 32.5. The van der Waals surface area contributed by atoms with Crippen molar-refractivity contribution in [2.24, 2.45) is 0 Å². The Kier molecular flexibility index (Phi) is 9.70. The Morgan fingerprint density at radius 1 is 1.15 bits per heavy atom. The fourth-order valence-electron chi connectivity index (χ4n) is 5.10. The number of hydrogen-bond donors (Lipinski definition) is 1. The Hall–Kier alpha value is -3.68. The van der Waals surface area contributed by atoms with Crippen molar-refractivity contribution >= 4 is 11.8 Å². The number of amides is 2. The number of nitrogens with one attached hydrogen (secondary N) is 1. The number of rotatable bonds is 12. The number of carbonyl (C=O) groups is 2. The summed E-state index contributed by atoms with van der Waals surface area (Å²) in [6.07, 6.45) is 2.36. The third-order valence-corrected chi connectivity index (χ3v) is 7.26. The molecule has 2 saturated heterocycles. The summed E-state index contributed by atoms with van der Waals surface area (Å²) in [5.74, 6) is 0.258. The van der Waals surface area contributed by atoms with Gasteiger partial charge in [-0.05, 0) is 61.2 Å². The Labute approximate surface area is 237 Å². The molecule has 1 N–H and O–H groups in total. The van der Waals surface area contributed by atoms with Crippen molar-refractivity contribution in [3.63, 3.8) is 0 Å². The minimum atomic E-state index is -0.982. The zero-order valence-corrected chi connectivity index (χ0v) is 23.2. The minimum absolute atomic E-state index is 0.0682. The van der Waals surface area contributed by atoms with E-state index in [1.165, 1.54) is 21.8 Å². The average molecular weight is 570 g/mol. The van der Waals surface area contributed by atoms with Gasteiger partial charge in [0.1, 0.15) is 24.2 Å². The van der Waals surface area contributed by atoms with Crippen LogP contribution < -0.4 is 5.32 Å². The maximum atomic E-state index is 13.9. The number of hydrogen-bond acceptors (Lipinski definition) is 9. The van der Waals surface area contributed by atoms with Crippen LogP contribution in [0.5, 0.6) is 0 Å². The predicted molar refractivity (Wildman–Crippen MR) is 145 cm³/mol. The van der Waals surface area contributed by atoms with Crippen LogP contribution >= 0.6 is 0 Å². The van der Waals surface area contributed by atoms with Crippen molar-refractivity contribution in [3.05, 3.63) is 53.5 Å². The van der Waals surface area contributed by atoms with Gasteiger partial charge in [0.05, 0.1) is 19.3 Å². The van der Waals surface area contributed by atoms with Gasteiger partial charge in [-0.2, -0.15) is 4.80 Å². The van der Waals surface area contributed by atoms with E-state index in [4.69, 9.17) is 13.9 Å². The van der Waals surface area contributed by atoms with Crippen LogP contribution in [0.25, 0.3) is 11.6 Å². The largest absolute Gasteiger partial charge is 0.458 e. The van der Waals surface area contributed by atoms with E-state index in [0.29, 0.717) is 56.4 Å². The quantitative estimate of drug-likeness (QED) is 0.348. The second-order valence-electron chi connectivity index (χ2n) is 10.3. The molecule has 2 atom stereocenters. The zero-order chi connectivity index (χ0) is 28.6. The molecule has 0 bridgehead atoms. The molecule has 0 aliphatic carbocycles. The van der Waals surface area contributed by atoms with Gasteiger partial charge >= 0.3 is 0 Å². The van der Waals surface area contributed by atoms with Crippen molar-refractivity contribution in [1.82, 2.24) is 35.3 Å². The highest BCUT2D eigenvalue weighted by molar-refractivity contribution is 5.88. The second-order valence-corrected chi connectivity index (χ2v) is 10.3. The van der Waals surface area contributed by atoms with E-state index in [9.17, 15) is 14.0 Å². The number of tetrazole rings is 1. The molecule has 2 aliphatic heterocycles. The van der Waals surface area contributed by atoms with Crippen LogP contribution in [0.3, 0.4) is 0 Å². The van der Waals surface area contributed by atoms with Crippen LogP contribution in [0, 0.1) is 12.7 Å². The molecule has 3 aromatic rings. The van der Waals surface area contributed by atoms with Gasteiger partial charge in [-0.15, -0.1) is 10.2 Å². The molecule has 2 unspecified atom stereocenters. The molecule has 220 valence electrons. The molecule has 13 heteroatoms. The van der Waals surface area contributed by atoms with Gasteiger partial charge in [0.25, 0.3) is 0 Å². The average Bonchev–Trinajstić information content (AvgIpc) is 3.75.